The molecule has 1 amide bonds. The standard InChI is InChI=1S/C13H14FNO4/c1-7-9(4-5-19-7)12(16)15-11-6-8(14)2-3-10(11)13(17)18/h2-3,6-7,9H,4-5H2,1H3,(H,15,16)(H,17,18). The SMILES string of the molecule is CC1OCCC1C(=O)Nc1cc(F)ccc1C(=O)O. The zero-order valence-corrected chi connectivity index (χ0v) is 10.4. The van der Waals surface area contributed by atoms with Crippen molar-refractivity contribution in [1.82, 2.24) is 0 Å². The number of hydrogen-bond acceptors (Lipinski definition) is 3. The van der Waals surface area contributed by atoms with E-state index in [4.69, 9.17) is 9.84 Å². The van der Waals surface area contributed by atoms with Crippen molar-refractivity contribution in [3.63, 3.8) is 0 Å². The molecule has 6 heteroatoms. The molecule has 102 valence electrons. The van der Waals surface area contributed by atoms with Gasteiger partial charge in [0.2, 0.25) is 5.91 Å². The molecule has 5 nitrogen and oxygen atoms in total. The zero-order chi connectivity index (χ0) is 14.0. The van der Waals surface area contributed by atoms with Crippen molar-refractivity contribution in [2.75, 3.05) is 11.9 Å². The molecule has 1 heterocycles. The Hall–Kier alpha value is -1.95. The highest BCUT2D eigenvalue weighted by Crippen LogP contribution is 2.24. The minimum Gasteiger partial charge on any atom is -0.478 e. The summed E-state index contributed by atoms with van der Waals surface area (Å²) in [6.45, 7) is 2.27. The Balaban J connectivity index is 2.20. The Bertz CT molecular complexity index is 517. The first-order valence-corrected chi connectivity index (χ1v) is 5.94. The fourth-order valence-electron chi connectivity index (χ4n) is 2.11. The van der Waals surface area contributed by atoms with Gasteiger partial charge in [-0.3, -0.25) is 4.79 Å². The highest BCUT2D eigenvalue weighted by Gasteiger charge is 2.31. The van der Waals surface area contributed by atoms with Gasteiger partial charge in [-0.1, -0.05) is 0 Å². The molecule has 2 rings (SSSR count). The lowest BCUT2D eigenvalue weighted by molar-refractivity contribution is -0.121. The first-order valence-electron chi connectivity index (χ1n) is 5.94. The van der Waals surface area contributed by atoms with Gasteiger partial charge in [-0.2, -0.15) is 0 Å². The molecule has 0 saturated carbocycles. The highest BCUT2D eigenvalue weighted by atomic mass is 19.1. The third kappa shape index (κ3) is 2.90. The van der Waals surface area contributed by atoms with Crippen LogP contribution in [-0.4, -0.2) is 29.7 Å². The van der Waals surface area contributed by atoms with Crippen molar-refractivity contribution in [1.29, 1.82) is 0 Å². The largest absolute Gasteiger partial charge is 0.478 e. The molecule has 0 spiro atoms. The number of carboxylic acids is 1. The van der Waals surface area contributed by atoms with E-state index in [1.165, 1.54) is 0 Å². The first-order chi connectivity index (χ1) is 8.99. The molecule has 19 heavy (non-hydrogen) atoms. The number of carbonyl (C=O) groups excluding carboxylic acids is 1. The van der Waals surface area contributed by atoms with Crippen LogP contribution in [0.15, 0.2) is 18.2 Å². The normalized spacial score (nSPS) is 22.2. The number of amides is 1. The summed E-state index contributed by atoms with van der Waals surface area (Å²) in [7, 11) is 0. The first kappa shape index (κ1) is 13.5. The number of hydrogen-bond donors (Lipinski definition) is 2. The number of ether oxygens (including phenoxy) is 1. The second-order valence-corrected chi connectivity index (χ2v) is 4.46. The smallest absolute Gasteiger partial charge is 0.337 e. The average Bonchev–Trinajstić information content (AvgIpc) is 2.75. The monoisotopic (exact) mass is 267 g/mol. The van der Waals surface area contributed by atoms with E-state index >= 15 is 0 Å². The molecule has 0 radical (unpaired) electrons. The molecule has 1 aromatic rings. The number of benzene rings is 1. The lowest BCUT2D eigenvalue weighted by atomic mass is 10.0. The number of carbonyl (C=O) groups is 2. The van der Waals surface area contributed by atoms with Gasteiger partial charge >= 0.3 is 5.97 Å². The van der Waals surface area contributed by atoms with Gasteiger partial charge in [0.15, 0.2) is 0 Å². The van der Waals surface area contributed by atoms with Crippen LogP contribution in [0.2, 0.25) is 0 Å². The Morgan fingerprint density at radius 3 is 2.79 bits per heavy atom. The fourth-order valence-corrected chi connectivity index (χ4v) is 2.11. The summed E-state index contributed by atoms with van der Waals surface area (Å²) in [5, 5.41) is 11.5. The van der Waals surface area contributed by atoms with Crippen molar-refractivity contribution in [2.45, 2.75) is 19.4 Å². The van der Waals surface area contributed by atoms with Crippen LogP contribution in [0.3, 0.4) is 0 Å². The molecule has 2 N–H and O–H groups in total. The molecule has 2 atom stereocenters. The number of anilines is 1. The van der Waals surface area contributed by atoms with Crippen molar-refractivity contribution in [3.8, 4) is 0 Å². The summed E-state index contributed by atoms with van der Waals surface area (Å²) < 4.78 is 18.4. The van der Waals surface area contributed by atoms with E-state index in [2.05, 4.69) is 5.32 Å². The third-order valence-electron chi connectivity index (χ3n) is 3.18. The van der Waals surface area contributed by atoms with Crippen LogP contribution < -0.4 is 5.32 Å². The summed E-state index contributed by atoms with van der Waals surface area (Å²) in [6.07, 6.45) is 0.354. The van der Waals surface area contributed by atoms with Gasteiger partial charge in [-0.15, -0.1) is 0 Å². The molecule has 1 aromatic carbocycles. The van der Waals surface area contributed by atoms with Gasteiger partial charge in [0, 0.05) is 6.61 Å². The molecule has 1 aliphatic heterocycles. The van der Waals surface area contributed by atoms with E-state index < -0.39 is 11.8 Å². The summed E-state index contributed by atoms with van der Waals surface area (Å²) in [6, 6.07) is 3.17. The van der Waals surface area contributed by atoms with E-state index in [0.29, 0.717) is 13.0 Å². The summed E-state index contributed by atoms with van der Waals surface area (Å²) in [4.78, 5) is 23.0. The molecular weight excluding hydrogens is 253 g/mol. The van der Waals surface area contributed by atoms with Crippen molar-refractivity contribution < 1.29 is 23.8 Å². The van der Waals surface area contributed by atoms with E-state index in [9.17, 15) is 14.0 Å². The number of nitrogens with one attached hydrogen (secondary N) is 1. The maximum absolute atomic E-state index is 13.1. The highest BCUT2D eigenvalue weighted by molar-refractivity contribution is 6.01. The van der Waals surface area contributed by atoms with Crippen LogP contribution in [0.25, 0.3) is 0 Å². The Morgan fingerprint density at radius 2 is 2.21 bits per heavy atom. The molecule has 0 aromatic heterocycles. The molecule has 0 bridgehead atoms. The minimum atomic E-state index is -1.22. The van der Waals surface area contributed by atoms with Crippen LogP contribution >= 0.6 is 0 Å². The zero-order valence-electron chi connectivity index (χ0n) is 10.4. The summed E-state index contributed by atoms with van der Waals surface area (Å²) in [5.41, 5.74) is -0.169. The lowest BCUT2D eigenvalue weighted by Gasteiger charge is -2.15. The van der Waals surface area contributed by atoms with Gasteiger partial charge < -0.3 is 15.2 Å². The lowest BCUT2D eigenvalue weighted by Crippen LogP contribution is -2.28. The van der Waals surface area contributed by atoms with Crippen molar-refractivity contribution in [2.24, 2.45) is 5.92 Å². The van der Waals surface area contributed by atoms with Gasteiger partial charge in [0.05, 0.1) is 23.3 Å². The van der Waals surface area contributed by atoms with Gasteiger partial charge in [0.25, 0.3) is 0 Å². The van der Waals surface area contributed by atoms with Gasteiger partial charge in [-0.05, 0) is 31.5 Å². The second-order valence-electron chi connectivity index (χ2n) is 4.46. The Morgan fingerprint density at radius 1 is 1.47 bits per heavy atom. The van der Waals surface area contributed by atoms with Crippen LogP contribution in [0.4, 0.5) is 10.1 Å². The number of aromatic carboxylic acids is 1. The molecular formula is C13H14FNO4. The van der Waals surface area contributed by atoms with Crippen LogP contribution in [0.5, 0.6) is 0 Å². The van der Waals surface area contributed by atoms with Crippen LogP contribution in [0, 0.1) is 11.7 Å². The van der Waals surface area contributed by atoms with Gasteiger partial charge in [0.1, 0.15) is 5.82 Å². The third-order valence-corrected chi connectivity index (χ3v) is 3.18. The van der Waals surface area contributed by atoms with Crippen LogP contribution in [0.1, 0.15) is 23.7 Å². The predicted octanol–water partition coefficient (Wildman–Crippen LogP) is 1.89. The molecule has 1 saturated heterocycles. The average molecular weight is 267 g/mol. The minimum absolute atomic E-state index is 0.0309. The number of rotatable bonds is 3. The number of halogens is 1. The molecule has 1 aliphatic rings. The second kappa shape index (κ2) is 5.36. The van der Waals surface area contributed by atoms with Crippen molar-refractivity contribution in [3.05, 3.63) is 29.6 Å². The number of carboxylic acid groups (broad SMARTS) is 1. The molecule has 2 unspecified atom stereocenters. The maximum Gasteiger partial charge on any atom is 0.337 e. The molecule has 1 fully saturated rings. The fraction of sp³-hybridized carbons (Fsp3) is 0.385. The summed E-state index contributed by atoms with van der Waals surface area (Å²) in [5.74, 6) is -2.51. The topological polar surface area (TPSA) is 75.6 Å². The predicted molar refractivity (Wildman–Crippen MR) is 65.5 cm³/mol. The van der Waals surface area contributed by atoms with Crippen LogP contribution in [-0.2, 0) is 9.53 Å². The maximum atomic E-state index is 13.1. The van der Waals surface area contributed by atoms with Gasteiger partial charge in [-0.25, -0.2) is 9.18 Å². The molecule has 0 aliphatic carbocycles. The quantitative estimate of drug-likeness (QED) is 0.876. The Labute approximate surface area is 109 Å². The van der Waals surface area contributed by atoms with E-state index in [0.717, 1.165) is 18.2 Å². The van der Waals surface area contributed by atoms with E-state index in [-0.39, 0.29) is 29.2 Å². The van der Waals surface area contributed by atoms with E-state index in [1.807, 2.05) is 0 Å². The van der Waals surface area contributed by atoms with E-state index in [1.54, 1.807) is 6.92 Å². The summed E-state index contributed by atoms with van der Waals surface area (Å²) >= 11 is 0. The Kier molecular flexibility index (Phi) is 3.80. The van der Waals surface area contributed by atoms with Crippen molar-refractivity contribution >= 4 is 17.6 Å².